The standard InChI is InChI=1S/C24H31ClN2O2S/c1-5-18(3)26-24(29)19(4)27(14-20-11-8-9-13-22(20)25)23(28)16-30-15-21-12-7-6-10-17(21)2/h6-13,18-19H,5,14-16H2,1-4H3,(H,26,29)/t18-,19+/m0/s1. The minimum Gasteiger partial charge on any atom is -0.352 e. The van der Waals surface area contributed by atoms with Crippen molar-refractivity contribution in [1.82, 2.24) is 10.2 Å². The lowest BCUT2D eigenvalue weighted by Gasteiger charge is -2.30. The molecule has 0 saturated heterocycles. The average molecular weight is 447 g/mol. The topological polar surface area (TPSA) is 49.4 Å². The fourth-order valence-electron chi connectivity index (χ4n) is 2.96. The van der Waals surface area contributed by atoms with Crippen LogP contribution in [0.4, 0.5) is 0 Å². The summed E-state index contributed by atoms with van der Waals surface area (Å²) in [6.07, 6.45) is 0.837. The molecule has 0 aliphatic rings. The second-order valence-electron chi connectivity index (χ2n) is 7.53. The van der Waals surface area contributed by atoms with Crippen LogP contribution in [0.3, 0.4) is 0 Å². The molecule has 0 saturated carbocycles. The molecule has 2 atom stereocenters. The number of carbonyl (C=O) groups excluding carboxylic acids is 2. The highest BCUT2D eigenvalue weighted by Crippen LogP contribution is 2.21. The lowest BCUT2D eigenvalue weighted by molar-refractivity contribution is -0.138. The molecule has 2 aromatic rings. The van der Waals surface area contributed by atoms with Gasteiger partial charge in [-0.2, -0.15) is 0 Å². The van der Waals surface area contributed by atoms with Gasteiger partial charge in [0.05, 0.1) is 5.75 Å². The second kappa shape index (κ2) is 12.0. The lowest BCUT2D eigenvalue weighted by atomic mass is 10.1. The average Bonchev–Trinajstić information content (AvgIpc) is 2.73. The van der Waals surface area contributed by atoms with E-state index in [4.69, 9.17) is 11.6 Å². The molecule has 0 heterocycles. The van der Waals surface area contributed by atoms with Gasteiger partial charge in [0.2, 0.25) is 11.8 Å². The molecular formula is C24H31ClN2O2S. The SMILES string of the molecule is CC[C@H](C)NC(=O)[C@@H](C)N(Cc1ccccc1Cl)C(=O)CSCc1ccccc1C. The van der Waals surface area contributed by atoms with Crippen LogP contribution in [-0.2, 0) is 21.9 Å². The summed E-state index contributed by atoms with van der Waals surface area (Å²) in [6, 6.07) is 15.1. The summed E-state index contributed by atoms with van der Waals surface area (Å²) in [5, 5.41) is 3.58. The van der Waals surface area contributed by atoms with E-state index in [0.717, 1.165) is 17.7 Å². The summed E-state index contributed by atoms with van der Waals surface area (Å²) in [4.78, 5) is 27.5. The highest BCUT2D eigenvalue weighted by atomic mass is 35.5. The zero-order valence-corrected chi connectivity index (χ0v) is 19.7. The summed E-state index contributed by atoms with van der Waals surface area (Å²) < 4.78 is 0. The maximum Gasteiger partial charge on any atom is 0.242 e. The largest absolute Gasteiger partial charge is 0.352 e. The summed E-state index contributed by atoms with van der Waals surface area (Å²) in [5.41, 5.74) is 3.27. The fourth-order valence-corrected chi connectivity index (χ4v) is 4.14. The van der Waals surface area contributed by atoms with Gasteiger partial charge in [-0.3, -0.25) is 9.59 Å². The Bertz CT molecular complexity index is 859. The molecule has 0 unspecified atom stereocenters. The van der Waals surface area contributed by atoms with Gasteiger partial charge in [0.1, 0.15) is 6.04 Å². The molecule has 0 aromatic heterocycles. The first kappa shape index (κ1) is 24.3. The molecule has 1 N–H and O–H groups in total. The number of benzene rings is 2. The molecule has 2 amide bonds. The molecule has 4 nitrogen and oxygen atoms in total. The minimum atomic E-state index is -0.582. The molecule has 0 aliphatic carbocycles. The van der Waals surface area contributed by atoms with E-state index < -0.39 is 6.04 Å². The number of nitrogens with zero attached hydrogens (tertiary/aromatic N) is 1. The van der Waals surface area contributed by atoms with Crippen molar-refractivity contribution in [2.75, 3.05) is 5.75 Å². The Morgan fingerprint density at radius 1 is 1.07 bits per heavy atom. The number of carbonyl (C=O) groups is 2. The molecule has 2 aromatic carbocycles. The molecule has 0 aliphatic heterocycles. The smallest absolute Gasteiger partial charge is 0.242 e. The van der Waals surface area contributed by atoms with Crippen molar-refractivity contribution in [3.05, 3.63) is 70.2 Å². The van der Waals surface area contributed by atoms with Crippen LogP contribution in [0.15, 0.2) is 48.5 Å². The van der Waals surface area contributed by atoms with E-state index in [0.29, 0.717) is 17.3 Å². The van der Waals surface area contributed by atoms with E-state index in [1.807, 2.05) is 44.2 Å². The summed E-state index contributed by atoms with van der Waals surface area (Å²) in [5.74, 6) is 0.847. The molecule has 162 valence electrons. The maximum absolute atomic E-state index is 13.1. The number of nitrogens with one attached hydrogen (secondary N) is 1. The Balaban J connectivity index is 2.10. The van der Waals surface area contributed by atoms with E-state index >= 15 is 0 Å². The van der Waals surface area contributed by atoms with Crippen LogP contribution in [0.1, 0.15) is 43.9 Å². The highest BCUT2D eigenvalue weighted by Gasteiger charge is 2.27. The summed E-state index contributed by atoms with van der Waals surface area (Å²) in [6.45, 7) is 8.13. The summed E-state index contributed by atoms with van der Waals surface area (Å²) in [7, 11) is 0. The van der Waals surface area contributed by atoms with Crippen LogP contribution in [-0.4, -0.2) is 34.6 Å². The normalized spacial score (nSPS) is 12.8. The van der Waals surface area contributed by atoms with Gasteiger partial charge in [0, 0.05) is 23.4 Å². The van der Waals surface area contributed by atoms with Crippen molar-refractivity contribution < 1.29 is 9.59 Å². The van der Waals surface area contributed by atoms with E-state index in [1.165, 1.54) is 11.1 Å². The van der Waals surface area contributed by atoms with E-state index in [1.54, 1.807) is 29.7 Å². The third-order valence-electron chi connectivity index (χ3n) is 5.21. The second-order valence-corrected chi connectivity index (χ2v) is 8.92. The van der Waals surface area contributed by atoms with Crippen molar-refractivity contribution in [3.63, 3.8) is 0 Å². The van der Waals surface area contributed by atoms with Crippen LogP contribution in [0.5, 0.6) is 0 Å². The van der Waals surface area contributed by atoms with Gasteiger partial charge in [0.15, 0.2) is 0 Å². The predicted molar refractivity (Wildman–Crippen MR) is 127 cm³/mol. The van der Waals surface area contributed by atoms with Gasteiger partial charge in [-0.25, -0.2) is 0 Å². The predicted octanol–water partition coefficient (Wildman–Crippen LogP) is 5.21. The van der Waals surface area contributed by atoms with Gasteiger partial charge >= 0.3 is 0 Å². The third kappa shape index (κ3) is 7.06. The minimum absolute atomic E-state index is 0.0626. The van der Waals surface area contributed by atoms with Crippen molar-refractivity contribution in [2.45, 2.75) is 58.5 Å². The molecule has 2 rings (SSSR count). The fraction of sp³-hybridized carbons (Fsp3) is 0.417. The number of halogens is 1. The van der Waals surface area contributed by atoms with Gasteiger partial charge in [0.25, 0.3) is 0 Å². The molecule has 0 spiro atoms. The molecule has 0 radical (unpaired) electrons. The zero-order chi connectivity index (χ0) is 22.1. The van der Waals surface area contributed by atoms with Crippen molar-refractivity contribution in [1.29, 1.82) is 0 Å². The molecule has 0 fully saturated rings. The molecule has 0 bridgehead atoms. The Morgan fingerprint density at radius 3 is 2.33 bits per heavy atom. The lowest BCUT2D eigenvalue weighted by Crippen LogP contribution is -2.50. The highest BCUT2D eigenvalue weighted by molar-refractivity contribution is 7.99. The van der Waals surface area contributed by atoms with Crippen LogP contribution >= 0.6 is 23.4 Å². The number of amides is 2. The number of thioether (sulfide) groups is 1. The third-order valence-corrected chi connectivity index (χ3v) is 6.55. The van der Waals surface area contributed by atoms with Gasteiger partial charge in [-0.05, 0) is 49.9 Å². The van der Waals surface area contributed by atoms with Crippen molar-refractivity contribution in [3.8, 4) is 0 Å². The number of rotatable bonds is 10. The Hall–Kier alpha value is -1.98. The first-order chi connectivity index (χ1) is 14.3. The number of hydrogen-bond acceptors (Lipinski definition) is 3. The van der Waals surface area contributed by atoms with E-state index in [-0.39, 0.29) is 17.9 Å². The van der Waals surface area contributed by atoms with Crippen LogP contribution in [0, 0.1) is 6.92 Å². The van der Waals surface area contributed by atoms with Gasteiger partial charge < -0.3 is 10.2 Å². The molecule has 30 heavy (non-hydrogen) atoms. The van der Waals surface area contributed by atoms with Crippen LogP contribution in [0.2, 0.25) is 5.02 Å². The van der Waals surface area contributed by atoms with E-state index in [9.17, 15) is 9.59 Å². The maximum atomic E-state index is 13.1. The van der Waals surface area contributed by atoms with E-state index in [2.05, 4.69) is 24.4 Å². The first-order valence-electron chi connectivity index (χ1n) is 10.3. The number of aryl methyl sites for hydroxylation is 1. The quantitative estimate of drug-likeness (QED) is 0.544. The van der Waals surface area contributed by atoms with Crippen molar-refractivity contribution >= 4 is 35.2 Å². The van der Waals surface area contributed by atoms with Gasteiger partial charge in [-0.1, -0.05) is 61.0 Å². The van der Waals surface area contributed by atoms with Crippen molar-refractivity contribution in [2.24, 2.45) is 0 Å². The molecule has 6 heteroatoms. The zero-order valence-electron chi connectivity index (χ0n) is 18.2. The van der Waals surface area contributed by atoms with Crippen LogP contribution in [0.25, 0.3) is 0 Å². The van der Waals surface area contributed by atoms with Crippen LogP contribution < -0.4 is 5.32 Å². The number of hydrogen-bond donors (Lipinski definition) is 1. The Morgan fingerprint density at radius 2 is 1.70 bits per heavy atom. The Kier molecular flexibility index (Phi) is 9.73. The monoisotopic (exact) mass is 446 g/mol. The Labute approximate surface area is 189 Å². The molecular weight excluding hydrogens is 416 g/mol. The summed E-state index contributed by atoms with van der Waals surface area (Å²) >= 11 is 7.89. The first-order valence-corrected chi connectivity index (χ1v) is 11.8. The van der Waals surface area contributed by atoms with Gasteiger partial charge in [-0.15, -0.1) is 11.8 Å².